The van der Waals surface area contributed by atoms with E-state index in [1.165, 1.54) is 0 Å². The average Bonchev–Trinajstić information content (AvgIpc) is 3.03. The van der Waals surface area contributed by atoms with Crippen molar-refractivity contribution in [3.63, 3.8) is 0 Å². The van der Waals surface area contributed by atoms with Gasteiger partial charge in [0.1, 0.15) is 5.82 Å². The first kappa shape index (κ1) is 13.6. The molecule has 0 unspecified atom stereocenters. The van der Waals surface area contributed by atoms with Gasteiger partial charge < -0.3 is 4.90 Å². The SMILES string of the molecule is Br.Fc1ccc(C2=CSC3=NCCN23)c2ccccc12. The van der Waals surface area contributed by atoms with Crippen molar-refractivity contribution in [3.05, 3.63) is 53.2 Å². The zero-order valence-corrected chi connectivity index (χ0v) is 13.1. The van der Waals surface area contributed by atoms with Gasteiger partial charge in [-0.25, -0.2) is 4.39 Å². The van der Waals surface area contributed by atoms with Crippen molar-refractivity contribution in [3.8, 4) is 0 Å². The molecule has 2 aliphatic rings. The van der Waals surface area contributed by atoms with Crippen LogP contribution < -0.4 is 0 Å². The zero-order valence-electron chi connectivity index (χ0n) is 10.5. The van der Waals surface area contributed by atoms with Crippen molar-refractivity contribution in [2.75, 3.05) is 13.1 Å². The van der Waals surface area contributed by atoms with Crippen molar-refractivity contribution in [2.24, 2.45) is 4.99 Å². The van der Waals surface area contributed by atoms with Gasteiger partial charge in [0.2, 0.25) is 0 Å². The molecule has 2 heterocycles. The number of benzene rings is 2. The van der Waals surface area contributed by atoms with Crippen molar-refractivity contribution in [1.29, 1.82) is 0 Å². The summed E-state index contributed by atoms with van der Waals surface area (Å²) >= 11 is 1.65. The molecule has 0 N–H and O–H groups in total. The van der Waals surface area contributed by atoms with Crippen molar-refractivity contribution >= 4 is 50.4 Å². The van der Waals surface area contributed by atoms with E-state index in [4.69, 9.17) is 0 Å². The molecule has 0 spiro atoms. The predicted octanol–water partition coefficient (Wildman–Crippen LogP) is 4.27. The minimum Gasteiger partial charge on any atom is -0.318 e. The maximum absolute atomic E-state index is 13.9. The number of aliphatic imine (C=N–C) groups is 1. The highest BCUT2D eigenvalue weighted by Crippen LogP contribution is 2.38. The van der Waals surface area contributed by atoms with Crippen LogP contribution in [0.25, 0.3) is 16.5 Å². The molecule has 0 bridgehead atoms. The van der Waals surface area contributed by atoms with Crippen LogP contribution in [0, 0.1) is 5.82 Å². The molecule has 4 rings (SSSR count). The number of rotatable bonds is 1. The number of hydrogen-bond acceptors (Lipinski definition) is 3. The molecule has 2 aromatic carbocycles. The van der Waals surface area contributed by atoms with Gasteiger partial charge in [0.25, 0.3) is 0 Å². The number of nitrogens with zero attached hydrogens (tertiary/aromatic N) is 2. The van der Waals surface area contributed by atoms with Crippen LogP contribution >= 0.6 is 28.7 Å². The molecule has 0 saturated heterocycles. The summed E-state index contributed by atoms with van der Waals surface area (Å²) in [5, 5.41) is 4.80. The largest absolute Gasteiger partial charge is 0.318 e. The summed E-state index contributed by atoms with van der Waals surface area (Å²) in [6.45, 7) is 1.76. The highest BCUT2D eigenvalue weighted by atomic mass is 79.9. The smallest absolute Gasteiger partial charge is 0.168 e. The van der Waals surface area contributed by atoms with Gasteiger partial charge in [0, 0.05) is 22.9 Å². The van der Waals surface area contributed by atoms with E-state index in [9.17, 15) is 4.39 Å². The van der Waals surface area contributed by atoms with Crippen LogP contribution in [0.15, 0.2) is 46.8 Å². The zero-order chi connectivity index (χ0) is 12.8. The summed E-state index contributed by atoms with van der Waals surface area (Å²) in [4.78, 5) is 6.66. The summed E-state index contributed by atoms with van der Waals surface area (Å²) in [6, 6.07) is 11.0. The monoisotopic (exact) mass is 350 g/mol. The summed E-state index contributed by atoms with van der Waals surface area (Å²) in [6.07, 6.45) is 0. The lowest BCUT2D eigenvalue weighted by Crippen LogP contribution is -2.20. The second-order valence-electron chi connectivity index (χ2n) is 4.58. The third kappa shape index (κ3) is 1.96. The molecule has 0 saturated carbocycles. The molecule has 102 valence electrons. The molecule has 2 aromatic rings. The van der Waals surface area contributed by atoms with E-state index < -0.39 is 0 Å². The molecule has 2 aliphatic heterocycles. The van der Waals surface area contributed by atoms with Gasteiger partial charge in [-0.05, 0) is 17.5 Å². The minimum absolute atomic E-state index is 0. The maximum atomic E-state index is 13.9. The maximum Gasteiger partial charge on any atom is 0.168 e. The molecular formula is C15H12BrFN2S. The summed E-state index contributed by atoms with van der Waals surface area (Å²) in [5.41, 5.74) is 2.22. The number of hydrogen-bond donors (Lipinski definition) is 0. The van der Waals surface area contributed by atoms with E-state index >= 15 is 0 Å². The highest BCUT2D eigenvalue weighted by molar-refractivity contribution is 8.93. The molecule has 5 heteroatoms. The quantitative estimate of drug-likeness (QED) is 0.762. The minimum atomic E-state index is -0.166. The second-order valence-corrected chi connectivity index (χ2v) is 5.41. The topological polar surface area (TPSA) is 15.6 Å². The Morgan fingerprint density at radius 3 is 2.75 bits per heavy atom. The van der Waals surface area contributed by atoms with E-state index in [1.807, 2.05) is 30.3 Å². The standard InChI is InChI=1S/C15H11FN2S.BrH/c16-13-6-5-12(10-3-1-2-4-11(10)13)14-9-19-15-17-7-8-18(14)15;/h1-6,9H,7-8H2;1H. The van der Waals surface area contributed by atoms with Crippen molar-refractivity contribution in [1.82, 2.24) is 4.90 Å². The summed E-state index contributed by atoms with van der Waals surface area (Å²) < 4.78 is 13.9. The Morgan fingerprint density at radius 2 is 1.90 bits per heavy atom. The van der Waals surface area contributed by atoms with E-state index in [0.717, 1.165) is 34.9 Å². The Morgan fingerprint density at radius 1 is 1.10 bits per heavy atom. The van der Waals surface area contributed by atoms with Crippen LogP contribution in [-0.2, 0) is 0 Å². The predicted molar refractivity (Wildman–Crippen MR) is 88.8 cm³/mol. The molecule has 2 nitrogen and oxygen atoms in total. The molecule has 20 heavy (non-hydrogen) atoms. The number of halogens is 2. The molecular weight excluding hydrogens is 339 g/mol. The first-order valence-electron chi connectivity index (χ1n) is 6.21. The Balaban J connectivity index is 0.00000121. The molecule has 0 fully saturated rings. The summed E-state index contributed by atoms with van der Waals surface area (Å²) in [7, 11) is 0. The third-order valence-corrected chi connectivity index (χ3v) is 4.42. The molecule has 0 amide bonds. The first-order valence-corrected chi connectivity index (χ1v) is 7.09. The fraction of sp³-hybridized carbons (Fsp3) is 0.133. The Bertz CT molecular complexity index is 742. The third-order valence-electron chi connectivity index (χ3n) is 3.52. The van der Waals surface area contributed by atoms with Crippen LogP contribution in [0.3, 0.4) is 0 Å². The van der Waals surface area contributed by atoms with Crippen LogP contribution in [0.2, 0.25) is 0 Å². The van der Waals surface area contributed by atoms with Crippen LogP contribution in [0.5, 0.6) is 0 Å². The highest BCUT2D eigenvalue weighted by Gasteiger charge is 2.28. The van der Waals surface area contributed by atoms with Gasteiger partial charge in [-0.15, -0.1) is 17.0 Å². The Hall–Kier alpha value is -1.33. The fourth-order valence-electron chi connectivity index (χ4n) is 2.62. The fourth-order valence-corrected chi connectivity index (χ4v) is 3.57. The molecule has 0 aromatic heterocycles. The lowest BCUT2D eigenvalue weighted by Gasteiger charge is -2.18. The Kier molecular flexibility index (Phi) is 3.56. The molecule has 0 aliphatic carbocycles. The molecule has 0 atom stereocenters. The van der Waals surface area contributed by atoms with Crippen molar-refractivity contribution < 1.29 is 4.39 Å². The lowest BCUT2D eigenvalue weighted by molar-refractivity contribution is 0.637. The van der Waals surface area contributed by atoms with E-state index in [1.54, 1.807) is 17.8 Å². The van der Waals surface area contributed by atoms with Gasteiger partial charge in [-0.2, -0.15) is 0 Å². The normalized spacial score (nSPS) is 16.8. The van der Waals surface area contributed by atoms with Gasteiger partial charge in [-0.1, -0.05) is 36.0 Å². The van der Waals surface area contributed by atoms with Crippen LogP contribution in [0.1, 0.15) is 5.56 Å². The van der Waals surface area contributed by atoms with E-state index in [-0.39, 0.29) is 22.8 Å². The van der Waals surface area contributed by atoms with Gasteiger partial charge in [0.05, 0.1) is 12.2 Å². The van der Waals surface area contributed by atoms with E-state index in [0.29, 0.717) is 5.39 Å². The summed E-state index contributed by atoms with van der Waals surface area (Å²) in [5.74, 6) is -0.166. The van der Waals surface area contributed by atoms with Gasteiger partial charge >= 0.3 is 0 Å². The van der Waals surface area contributed by atoms with Crippen LogP contribution in [-0.4, -0.2) is 23.2 Å². The average molecular weight is 351 g/mol. The number of thioether (sulfide) groups is 1. The molecule has 0 radical (unpaired) electrons. The van der Waals surface area contributed by atoms with E-state index in [2.05, 4.69) is 15.3 Å². The first-order chi connectivity index (χ1) is 9.34. The lowest BCUT2D eigenvalue weighted by atomic mass is 10.0. The second kappa shape index (κ2) is 5.22. The van der Waals surface area contributed by atoms with Gasteiger partial charge in [-0.3, -0.25) is 4.99 Å². The Labute approximate surface area is 131 Å². The number of amidine groups is 1. The van der Waals surface area contributed by atoms with Gasteiger partial charge in [0.15, 0.2) is 5.17 Å². The van der Waals surface area contributed by atoms with Crippen LogP contribution in [0.4, 0.5) is 4.39 Å². The van der Waals surface area contributed by atoms with Crippen molar-refractivity contribution in [2.45, 2.75) is 0 Å². The number of fused-ring (bicyclic) bond motifs is 2.